The largest absolute Gasteiger partial charge is 0.480 e. The Labute approximate surface area is 137 Å². The highest BCUT2D eigenvalue weighted by atomic mass is 16.6. The van der Waals surface area contributed by atoms with Crippen molar-refractivity contribution in [1.82, 2.24) is 4.90 Å². The van der Waals surface area contributed by atoms with Crippen LogP contribution in [0, 0.1) is 17.8 Å². The van der Waals surface area contributed by atoms with Crippen molar-refractivity contribution < 1.29 is 24.2 Å². The Morgan fingerprint density at radius 3 is 2.57 bits per heavy atom. The summed E-state index contributed by atoms with van der Waals surface area (Å²) in [5.41, 5.74) is -0.627. The maximum Gasteiger partial charge on any atom is 0.411 e. The number of aliphatic carboxylic acids is 1. The van der Waals surface area contributed by atoms with E-state index in [2.05, 4.69) is 0 Å². The summed E-state index contributed by atoms with van der Waals surface area (Å²) in [5.74, 6) is -0.590. The third-order valence-electron chi connectivity index (χ3n) is 5.33. The number of hydrogen-bond acceptors (Lipinski definition) is 4. The van der Waals surface area contributed by atoms with Crippen LogP contribution in [0.25, 0.3) is 0 Å². The van der Waals surface area contributed by atoms with E-state index in [-0.39, 0.29) is 23.9 Å². The lowest BCUT2D eigenvalue weighted by molar-refractivity contribution is -0.149. The van der Waals surface area contributed by atoms with Gasteiger partial charge >= 0.3 is 12.1 Å². The minimum atomic E-state index is -0.922. The second kappa shape index (κ2) is 5.96. The normalized spacial score (nSPS) is 37.0. The molecule has 1 saturated carbocycles. The van der Waals surface area contributed by atoms with E-state index in [4.69, 9.17) is 9.47 Å². The van der Waals surface area contributed by atoms with Crippen molar-refractivity contribution in [1.29, 1.82) is 0 Å². The second-order valence-corrected chi connectivity index (χ2v) is 8.07. The molecule has 1 N–H and O–H groups in total. The monoisotopic (exact) mass is 325 g/mol. The number of ether oxygens (including phenoxy) is 2. The molecule has 3 rings (SSSR count). The molecular weight excluding hydrogens is 298 g/mol. The van der Waals surface area contributed by atoms with Crippen molar-refractivity contribution in [3.63, 3.8) is 0 Å². The molecule has 0 aromatic rings. The zero-order valence-electron chi connectivity index (χ0n) is 14.2. The molecule has 0 aromatic heterocycles. The maximum atomic E-state index is 12.5. The number of carboxylic acid groups (broad SMARTS) is 1. The Morgan fingerprint density at radius 1 is 1.22 bits per heavy atom. The van der Waals surface area contributed by atoms with Gasteiger partial charge in [0.15, 0.2) is 0 Å². The Hall–Kier alpha value is -1.30. The van der Waals surface area contributed by atoms with Gasteiger partial charge in [-0.25, -0.2) is 9.59 Å². The summed E-state index contributed by atoms with van der Waals surface area (Å²) in [7, 11) is 0. The van der Waals surface area contributed by atoms with Gasteiger partial charge in [0.25, 0.3) is 0 Å². The Balaban J connectivity index is 1.83. The zero-order chi connectivity index (χ0) is 16.8. The van der Waals surface area contributed by atoms with Crippen molar-refractivity contribution in [3.8, 4) is 0 Å². The quantitative estimate of drug-likeness (QED) is 0.801. The van der Waals surface area contributed by atoms with Crippen LogP contribution in [0.5, 0.6) is 0 Å². The number of amides is 1. The third kappa shape index (κ3) is 3.18. The number of carbonyl (C=O) groups is 2. The van der Waals surface area contributed by atoms with Gasteiger partial charge in [0.05, 0.1) is 12.7 Å². The van der Waals surface area contributed by atoms with Gasteiger partial charge < -0.3 is 14.6 Å². The summed E-state index contributed by atoms with van der Waals surface area (Å²) in [6.45, 7) is 6.35. The fourth-order valence-corrected chi connectivity index (χ4v) is 4.53. The van der Waals surface area contributed by atoms with Crippen molar-refractivity contribution in [2.24, 2.45) is 17.8 Å². The van der Waals surface area contributed by atoms with Gasteiger partial charge in [0, 0.05) is 18.4 Å². The van der Waals surface area contributed by atoms with Crippen LogP contribution in [0.4, 0.5) is 4.79 Å². The average molecular weight is 325 g/mol. The van der Waals surface area contributed by atoms with E-state index >= 15 is 0 Å². The molecule has 1 amide bonds. The second-order valence-electron chi connectivity index (χ2n) is 8.07. The van der Waals surface area contributed by atoms with Gasteiger partial charge in [-0.05, 0) is 39.5 Å². The minimum absolute atomic E-state index is 0.0148. The number of likely N-dealkylation sites (tertiary alicyclic amines) is 1. The standard InChI is InChI=1S/C17H27NO5/c1-17(2,3)23-16(21)18-8-10-9-22-12-7-5-4-6-11(12)13(10)14(18)15(19)20/h10-14H,4-9H2,1-3H3,(H,19,20)/t10-,11?,12?,13-,14+/m1/s1. The van der Waals surface area contributed by atoms with Crippen molar-refractivity contribution >= 4 is 12.1 Å². The van der Waals surface area contributed by atoms with Gasteiger partial charge in [-0.1, -0.05) is 12.8 Å². The SMILES string of the molecule is CC(C)(C)OC(=O)N1C[C@@H]2COC3CCCCC3[C@@H]2[C@H]1C(=O)O. The third-order valence-corrected chi connectivity index (χ3v) is 5.33. The number of fused-ring (bicyclic) bond motifs is 3. The first-order chi connectivity index (χ1) is 10.8. The number of hydrogen-bond donors (Lipinski definition) is 1. The Bertz CT molecular complexity index is 486. The average Bonchev–Trinajstić information content (AvgIpc) is 2.85. The molecule has 5 atom stereocenters. The molecule has 3 fully saturated rings. The first-order valence-corrected chi connectivity index (χ1v) is 8.62. The maximum absolute atomic E-state index is 12.5. The molecule has 0 bridgehead atoms. The van der Waals surface area contributed by atoms with Crippen LogP contribution < -0.4 is 0 Å². The Morgan fingerprint density at radius 2 is 1.91 bits per heavy atom. The Kier molecular flexibility index (Phi) is 4.29. The van der Waals surface area contributed by atoms with Crippen LogP contribution in [0.3, 0.4) is 0 Å². The molecule has 0 spiro atoms. The highest BCUT2D eigenvalue weighted by molar-refractivity contribution is 5.81. The molecule has 23 heavy (non-hydrogen) atoms. The first-order valence-electron chi connectivity index (χ1n) is 8.62. The molecule has 6 nitrogen and oxygen atoms in total. The van der Waals surface area contributed by atoms with Gasteiger partial charge in [-0.2, -0.15) is 0 Å². The molecule has 130 valence electrons. The smallest absolute Gasteiger partial charge is 0.411 e. The van der Waals surface area contributed by atoms with E-state index < -0.39 is 23.7 Å². The number of nitrogens with zero attached hydrogens (tertiary/aromatic N) is 1. The predicted molar refractivity (Wildman–Crippen MR) is 83.0 cm³/mol. The number of rotatable bonds is 1. The zero-order valence-corrected chi connectivity index (χ0v) is 14.2. The molecule has 2 aliphatic heterocycles. The molecule has 1 aliphatic carbocycles. The number of carbonyl (C=O) groups excluding carboxylic acids is 1. The van der Waals surface area contributed by atoms with Gasteiger partial charge in [-0.15, -0.1) is 0 Å². The van der Waals surface area contributed by atoms with Gasteiger partial charge in [-0.3, -0.25) is 4.90 Å². The number of carboxylic acids is 1. The summed E-state index contributed by atoms with van der Waals surface area (Å²) in [6, 6.07) is -0.788. The topological polar surface area (TPSA) is 76.1 Å². The molecule has 2 heterocycles. The first kappa shape index (κ1) is 16.6. The predicted octanol–water partition coefficient (Wildman–Crippen LogP) is 2.51. The lowest BCUT2D eigenvalue weighted by Crippen LogP contribution is -2.50. The summed E-state index contributed by atoms with van der Waals surface area (Å²) in [6.07, 6.45) is 3.90. The lowest BCUT2D eigenvalue weighted by Gasteiger charge is -2.43. The van der Waals surface area contributed by atoms with Crippen molar-refractivity contribution in [2.75, 3.05) is 13.2 Å². The summed E-state index contributed by atoms with van der Waals surface area (Å²) < 4.78 is 11.4. The summed E-state index contributed by atoms with van der Waals surface area (Å²) in [5, 5.41) is 9.77. The minimum Gasteiger partial charge on any atom is -0.480 e. The van der Waals surface area contributed by atoms with E-state index in [1.807, 2.05) is 0 Å². The van der Waals surface area contributed by atoms with Crippen LogP contribution in [-0.2, 0) is 14.3 Å². The highest BCUT2D eigenvalue weighted by Crippen LogP contribution is 2.46. The van der Waals surface area contributed by atoms with Gasteiger partial charge in [0.2, 0.25) is 0 Å². The van der Waals surface area contributed by atoms with Crippen LogP contribution in [0.15, 0.2) is 0 Å². The summed E-state index contributed by atoms with van der Waals surface area (Å²) in [4.78, 5) is 25.8. The van der Waals surface area contributed by atoms with Crippen molar-refractivity contribution in [3.05, 3.63) is 0 Å². The molecule has 2 unspecified atom stereocenters. The van der Waals surface area contributed by atoms with E-state index in [1.165, 1.54) is 4.90 Å². The highest BCUT2D eigenvalue weighted by Gasteiger charge is 2.55. The summed E-state index contributed by atoms with van der Waals surface area (Å²) >= 11 is 0. The van der Waals surface area contributed by atoms with Gasteiger partial charge in [0.1, 0.15) is 11.6 Å². The fourth-order valence-electron chi connectivity index (χ4n) is 4.53. The molecule has 2 saturated heterocycles. The molecule has 6 heteroatoms. The van der Waals surface area contributed by atoms with Crippen LogP contribution in [-0.4, -0.2) is 53.0 Å². The van der Waals surface area contributed by atoms with Crippen LogP contribution >= 0.6 is 0 Å². The van der Waals surface area contributed by atoms with Crippen LogP contribution in [0.1, 0.15) is 46.5 Å². The molecule has 0 aromatic carbocycles. The van der Waals surface area contributed by atoms with E-state index in [9.17, 15) is 14.7 Å². The van der Waals surface area contributed by atoms with Crippen LogP contribution in [0.2, 0.25) is 0 Å². The van der Waals surface area contributed by atoms with E-state index in [1.54, 1.807) is 20.8 Å². The molecule has 0 radical (unpaired) electrons. The molecule has 3 aliphatic rings. The molecular formula is C17H27NO5. The van der Waals surface area contributed by atoms with E-state index in [0.717, 1.165) is 25.7 Å². The van der Waals surface area contributed by atoms with E-state index in [0.29, 0.717) is 13.2 Å². The lowest BCUT2D eigenvalue weighted by atomic mass is 9.69. The van der Waals surface area contributed by atoms with Crippen molar-refractivity contribution in [2.45, 2.75) is 64.2 Å². The fraction of sp³-hybridized carbons (Fsp3) is 0.882.